The van der Waals surface area contributed by atoms with E-state index >= 15 is 0 Å². The molecule has 0 atom stereocenters. The average Bonchev–Trinajstić information content (AvgIpc) is 3.08. The van der Waals surface area contributed by atoms with Gasteiger partial charge in [-0.1, -0.05) is 12.2 Å². The monoisotopic (exact) mass is 260 g/mol. The zero-order valence-electron chi connectivity index (χ0n) is 11.4. The quantitative estimate of drug-likeness (QED) is 0.433. The van der Waals surface area contributed by atoms with Crippen LogP contribution in [0.15, 0.2) is 34.4 Å². The summed E-state index contributed by atoms with van der Waals surface area (Å²) >= 11 is 0. The van der Waals surface area contributed by atoms with Crippen LogP contribution in [-0.2, 0) is 14.3 Å². The molecule has 19 heavy (non-hydrogen) atoms. The summed E-state index contributed by atoms with van der Waals surface area (Å²) in [6.45, 7) is 1.83. The minimum atomic E-state index is -0.356. The Bertz CT molecular complexity index is 466. The van der Waals surface area contributed by atoms with Crippen LogP contribution in [0, 0.1) is 0 Å². The SMILES string of the molecule is C/C(C1=CCCC1)=C(/C(=O)OCC=O)C1=CCCC1. The number of hydrogen-bond donors (Lipinski definition) is 0. The zero-order chi connectivity index (χ0) is 13.7. The van der Waals surface area contributed by atoms with Gasteiger partial charge in [-0.15, -0.1) is 0 Å². The lowest BCUT2D eigenvalue weighted by Crippen LogP contribution is -2.13. The Morgan fingerprint density at radius 1 is 1.21 bits per heavy atom. The highest BCUT2D eigenvalue weighted by atomic mass is 16.5. The van der Waals surface area contributed by atoms with Crippen LogP contribution in [0.1, 0.15) is 45.4 Å². The van der Waals surface area contributed by atoms with E-state index in [4.69, 9.17) is 4.74 Å². The first-order valence-corrected chi connectivity index (χ1v) is 6.94. The van der Waals surface area contributed by atoms with Crippen molar-refractivity contribution in [3.8, 4) is 0 Å². The number of carbonyl (C=O) groups excluding carboxylic acids is 2. The van der Waals surface area contributed by atoms with Crippen molar-refractivity contribution in [3.63, 3.8) is 0 Å². The van der Waals surface area contributed by atoms with E-state index in [2.05, 4.69) is 12.2 Å². The molecule has 0 amide bonds. The first-order chi connectivity index (χ1) is 9.24. The third-order valence-corrected chi connectivity index (χ3v) is 3.75. The maximum atomic E-state index is 12.2. The molecule has 3 nitrogen and oxygen atoms in total. The van der Waals surface area contributed by atoms with Crippen LogP contribution in [0.25, 0.3) is 0 Å². The Kier molecular flexibility index (Phi) is 4.72. The molecule has 0 aromatic heterocycles. The van der Waals surface area contributed by atoms with Gasteiger partial charge in [-0.3, -0.25) is 4.79 Å². The predicted octanol–water partition coefficient (Wildman–Crippen LogP) is 3.27. The molecular weight excluding hydrogens is 240 g/mol. The van der Waals surface area contributed by atoms with Gasteiger partial charge < -0.3 is 4.74 Å². The Balaban J connectivity index is 2.30. The highest BCUT2D eigenvalue weighted by molar-refractivity contribution is 5.95. The second-order valence-electron chi connectivity index (χ2n) is 5.01. The van der Waals surface area contributed by atoms with Crippen molar-refractivity contribution in [2.45, 2.75) is 45.4 Å². The van der Waals surface area contributed by atoms with Crippen molar-refractivity contribution < 1.29 is 14.3 Å². The highest BCUT2D eigenvalue weighted by Crippen LogP contribution is 2.33. The summed E-state index contributed by atoms with van der Waals surface area (Å²) in [7, 11) is 0. The summed E-state index contributed by atoms with van der Waals surface area (Å²) in [4.78, 5) is 22.5. The molecule has 102 valence electrons. The Labute approximate surface area is 114 Å². The molecule has 0 radical (unpaired) electrons. The molecule has 0 N–H and O–H groups in total. The van der Waals surface area contributed by atoms with E-state index in [1.54, 1.807) is 0 Å². The van der Waals surface area contributed by atoms with E-state index in [0.717, 1.165) is 49.7 Å². The maximum absolute atomic E-state index is 12.2. The van der Waals surface area contributed by atoms with Gasteiger partial charge in [0.1, 0.15) is 6.61 Å². The number of carbonyl (C=O) groups is 2. The van der Waals surface area contributed by atoms with Crippen molar-refractivity contribution >= 4 is 12.3 Å². The molecule has 0 unspecified atom stereocenters. The van der Waals surface area contributed by atoms with Crippen molar-refractivity contribution in [2.24, 2.45) is 0 Å². The van der Waals surface area contributed by atoms with Gasteiger partial charge in [-0.25, -0.2) is 4.79 Å². The van der Waals surface area contributed by atoms with Crippen molar-refractivity contribution in [1.82, 2.24) is 0 Å². The molecule has 0 spiro atoms. The Hall–Kier alpha value is -1.64. The number of aldehydes is 1. The van der Waals surface area contributed by atoms with E-state index in [0.29, 0.717) is 11.9 Å². The fourth-order valence-electron chi connectivity index (χ4n) is 2.78. The van der Waals surface area contributed by atoms with Crippen molar-refractivity contribution in [3.05, 3.63) is 34.4 Å². The van der Waals surface area contributed by atoms with Crippen LogP contribution in [0.4, 0.5) is 0 Å². The third-order valence-electron chi connectivity index (χ3n) is 3.75. The normalized spacial score (nSPS) is 19.6. The number of hydrogen-bond acceptors (Lipinski definition) is 3. The van der Waals surface area contributed by atoms with Crippen LogP contribution in [0.2, 0.25) is 0 Å². The molecule has 0 aromatic carbocycles. The minimum Gasteiger partial charge on any atom is -0.454 e. The summed E-state index contributed by atoms with van der Waals surface area (Å²) < 4.78 is 5.01. The molecular formula is C16H20O3. The highest BCUT2D eigenvalue weighted by Gasteiger charge is 2.23. The molecule has 2 rings (SSSR count). The van der Waals surface area contributed by atoms with Gasteiger partial charge in [0.05, 0.1) is 5.57 Å². The van der Waals surface area contributed by atoms with E-state index < -0.39 is 0 Å². The zero-order valence-corrected chi connectivity index (χ0v) is 11.4. The van der Waals surface area contributed by atoms with Crippen LogP contribution >= 0.6 is 0 Å². The number of ether oxygens (including phenoxy) is 1. The smallest absolute Gasteiger partial charge is 0.339 e. The molecule has 0 aliphatic heterocycles. The first-order valence-electron chi connectivity index (χ1n) is 6.94. The van der Waals surface area contributed by atoms with Gasteiger partial charge in [0.25, 0.3) is 0 Å². The molecule has 0 heterocycles. The lowest BCUT2D eigenvalue weighted by molar-refractivity contribution is -0.141. The molecule has 3 heteroatoms. The number of esters is 1. The van der Waals surface area contributed by atoms with Gasteiger partial charge in [0.15, 0.2) is 6.29 Å². The van der Waals surface area contributed by atoms with Crippen molar-refractivity contribution in [2.75, 3.05) is 6.61 Å². The van der Waals surface area contributed by atoms with Crippen molar-refractivity contribution in [1.29, 1.82) is 0 Å². The molecule has 0 bridgehead atoms. The molecule has 0 saturated carbocycles. The van der Waals surface area contributed by atoms with E-state index in [1.807, 2.05) is 6.92 Å². The lowest BCUT2D eigenvalue weighted by atomic mass is 9.95. The average molecular weight is 260 g/mol. The van der Waals surface area contributed by atoms with E-state index in [-0.39, 0.29) is 12.6 Å². The van der Waals surface area contributed by atoms with Crippen LogP contribution < -0.4 is 0 Å². The van der Waals surface area contributed by atoms with E-state index in [9.17, 15) is 9.59 Å². The van der Waals surface area contributed by atoms with Gasteiger partial charge >= 0.3 is 5.97 Å². The second kappa shape index (κ2) is 6.50. The van der Waals surface area contributed by atoms with Crippen LogP contribution in [0.3, 0.4) is 0 Å². The topological polar surface area (TPSA) is 43.4 Å². The summed E-state index contributed by atoms with van der Waals surface area (Å²) in [5.74, 6) is -0.356. The summed E-state index contributed by atoms with van der Waals surface area (Å²) in [6.07, 6.45) is 11.2. The molecule has 2 aliphatic rings. The first kappa shape index (κ1) is 13.8. The third kappa shape index (κ3) is 3.22. The van der Waals surface area contributed by atoms with Gasteiger partial charge in [-0.05, 0) is 62.2 Å². The Morgan fingerprint density at radius 2 is 1.84 bits per heavy atom. The van der Waals surface area contributed by atoms with Gasteiger partial charge in [0, 0.05) is 0 Å². The second-order valence-corrected chi connectivity index (χ2v) is 5.01. The van der Waals surface area contributed by atoms with Gasteiger partial charge in [0.2, 0.25) is 0 Å². The summed E-state index contributed by atoms with van der Waals surface area (Å²) in [5.41, 5.74) is 4.06. The van der Waals surface area contributed by atoms with Crippen LogP contribution in [-0.4, -0.2) is 18.9 Å². The molecule has 2 aliphatic carbocycles. The number of rotatable bonds is 5. The summed E-state index contributed by atoms with van der Waals surface area (Å²) in [5, 5.41) is 0. The summed E-state index contributed by atoms with van der Waals surface area (Å²) in [6, 6.07) is 0. The maximum Gasteiger partial charge on any atom is 0.339 e. The number of allylic oxidation sites excluding steroid dienone is 4. The Morgan fingerprint density at radius 3 is 2.37 bits per heavy atom. The van der Waals surface area contributed by atoms with Crippen LogP contribution in [0.5, 0.6) is 0 Å². The van der Waals surface area contributed by atoms with E-state index in [1.165, 1.54) is 5.57 Å². The molecule has 0 aromatic rings. The lowest BCUT2D eigenvalue weighted by Gasteiger charge is -2.13. The predicted molar refractivity (Wildman–Crippen MR) is 73.6 cm³/mol. The standard InChI is InChI=1S/C16H20O3/c1-12(13-6-2-3-7-13)15(14-8-4-5-9-14)16(18)19-11-10-17/h6,8,10H,2-5,7,9,11H2,1H3/b15-12-. The fraction of sp³-hybridized carbons (Fsp3) is 0.500. The largest absolute Gasteiger partial charge is 0.454 e. The van der Waals surface area contributed by atoms with Gasteiger partial charge in [-0.2, -0.15) is 0 Å². The fourth-order valence-corrected chi connectivity index (χ4v) is 2.78. The molecule has 0 saturated heterocycles. The minimum absolute atomic E-state index is 0.165. The molecule has 0 fully saturated rings.